The van der Waals surface area contributed by atoms with Crippen molar-refractivity contribution in [2.24, 2.45) is 0 Å². The average molecular weight is 344 g/mol. The van der Waals surface area contributed by atoms with Gasteiger partial charge in [0.2, 0.25) is 0 Å². The molecule has 0 radical (unpaired) electrons. The third-order valence-corrected chi connectivity index (χ3v) is 4.84. The van der Waals surface area contributed by atoms with E-state index in [0.717, 1.165) is 50.7 Å². The standard InChI is InChI=1S/C20H26ClN3/c21-19-8-6-17(7-9-19)16-20(18-4-2-1-3-5-18)23-12-15-24-13-10-22-11-14-24/h1-9,20,22-23H,10-16H2. The van der Waals surface area contributed by atoms with Gasteiger partial charge in [0.25, 0.3) is 0 Å². The average Bonchev–Trinajstić information content (AvgIpc) is 2.64. The lowest BCUT2D eigenvalue weighted by molar-refractivity contribution is 0.238. The van der Waals surface area contributed by atoms with E-state index < -0.39 is 0 Å². The fourth-order valence-corrected chi connectivity index (χ4v) is 3.31. The van der Waals surface area contributed by atoms with Gasteiger partial charge in [0.05, 0.1) is 0 Å². The first-order valence-electron chi connectivity index (χ1n) is 8.77. The Bertz CT molecular complexity index is 594. The highest BCUT2D eigenvalue weighted by atomic mass is 35.5. The van der Waals surface area contributed by atoms with Crippen molar-refractivity contribution >= 4 is 11.6 Å². The van der Waals surface area contributed by atoms with Gasteiger partial charge < -0.3 is 10.6 Å². The highest BCUT2D eigenvalue weighted by molar-refractivity contribution is 6.30. The minimum absolute atomic E-state index is 0.329. The van der Waals surface area contributed by atoms with Crippen LogP contribution in [0.4, 0.5) is 0 Å². The Morgan fingerprint density at radius 3 is 2.42 bits per heavy atom. The summed E-state index contributed by atoms with van der Waals surface area (Å²) >= 11 is 6.01. The molecule has 3 rings (SSSR count). The second-order valence-electron chi connectivity index (χ2n) is 6.34. The fourth-order valence-electron chi connectivity index (χ4n) is 3.18. The van der Waals surface area contributed by atoms with Gasteiger partial charge in [-0.2, -0.15) is 0 Å². The van der Waals surface area contributed by atoms with Gasteiger partial charge in [-0.05, 0) is 29.7 Å². The van der Waals surface area contributed by atoms with E-state index in [0.29, 0.717) is 6.04 Å². The largest absolute Gasteiger partial charge is 0.314 e. The zero-order valence-electron chi connectivity index (χ0n) is 14.0. The van der Waals surface area contributed by atoms with Crippen LogP contribution in [0.3, 0.4) is 0 Å². The molecule has 3 nitrogen and oxygen atoms in total. The van der Waals surface area contributed by atoms with Crippen molar-refractivity contribution in [2.75, 3.05) is 39.3 Å². The van der Waals surface area contributed by atoms with Gasteiger partial charge >= 0.3 is 0 Å². The molecule has 0 aromatic heterocycles. The van der Waals surface area contributed by atoms with Crippen molar-refractivity contribution in [2.45, 2.75) is 12.5 Å². The molecule has 24 heavy (non-hydrogen) atoms. The molecule has 1 aliphatic rings. The molecule has 0 amide bonds. The molecule has 2 N–H and O–H groups in total. The predicted octanol–water partition coefficient (Wildman–Crippen LogP) is 3.12. The number of nitrogens with one attached hydrogen (secondary N) is 2. The van der Waals surface area contributed by atoms with Crippen LogP contribution in [0.1, 0.15) is 17.2 Å². The summed E-state index contributed by atoms with van der Waals surface area (Å²) in [5, 5.41) is 7.95. The zero-order valence-corrected chi connectivity index (χ0v) is 14.8. The van der Waals surface area contributed by atoms with E-state index in [4.69, 9.17) is 11.6 Å². The van der Waals surface area contributed by atoms with Crippen LogP contribution >= 0.6 is 11.6 Å². The zero-order chi connectivity index (χ0) is 16.6. The molecular formula is C20H26ClN3. The number of hydrogen-bond donors (Lipinski definition) is 2. The summed E-state index contributed by atoms with van der Waals surface area (Å²) in [6.45, 7) is 6.61. The Hall–Kier alpha value is -1.39. The lowest BCUT2D eigenvalue weighted by Crippen LogP contribution is -2.46. The molecule has 4 heteroatoms. The van der Waals surface area contributed by atoms with Gasteiger partial charge in [-0.3, -0.25) is 4.90 Å². The Kier molecular flexibility index (Phi) is 6.67. The van der Waals surface area contributed by atoms with Crippen LogP contribution in [0.15, 0.2) is 54.6 Å². The van der Waals surface area contributed by atoms with Crippen LogP contribution in [0, 0.1) is 0 Å². The SMILES string of the molecule is Clc1ccc(CC(NCCN2CCNCC2)c2ccccc2)cc1. The third-order valence-electron chi connectivity index (χ3n) is 4.58. The Labute approximate surface area is 150 Å². The highest BCUT2D eigenvalue weighted by Gasteiger charge is 2.13. The summed E-state index contributed by atoms with van der Waals surface area (Å²) in [6.07, 6.45) is 0.975. The molecule has 128 valence electrons. The van der Waals surface area contributed by atoms with Gasteiger partial charge in [0.15, 0.2) is 0 Å². The smallest absolute Gasteiger partial charge is 0.0406 e. The summed E-state index contributed by atoms with van der Waals surface area (Å²) in [5.41, 5.74) is 2.65. The van der Waals surface area contributed by atoms with Crippen molar-refractivity contribution in [1.82, 2.24) is 15.5 Å². The molecule has 0 spiro atoms. The fraction of sp³-hybridized carbons (Fsp3) is 0.400. The normalized spacial score (nSPS) is 16.9. The molecule has 0 saturated carbocycles. The first-order chi connectivity index (χ1) is 11.8. The first-order valence-corrected chi connectivity index (χ1v) is 9.15. The molecule has 2 aromatic rings. The van der Waals surface area contributed by atoms with E-state index in [9.17, 15) is 0 Å². The van der Waals surface area contributed by atoms with Gasteiger partial charge in [0.1, 0.15) is 0 Å². The van der Waals surface area contributed by atoms with E-state index in [1.165, 1.54) is 11.1 Å². The van der Waals surface area contributed by atoms with Crippen molar-refractivity contribution in [3.8, 4) is 0 Å². The van der Waals surface area contributed by atoms with Crippen LogP contribution in [-0.4, -0.2) is 44.2 Å². The van der Waals surface area contributed by atoms with Gasteiger partial charge in [-0.25, -0.2) is 0 Å². The van der Waals surface area contributed by atoms with E-state index in [2.05, 4.69) is 58.0 Å². The van der Waals surface area contributed by atoms with Crippen molar-refractivity contribution < 1.29 is 0 Å². The Morgan fingerprint density at radius 2 is 1.71 bits per heavy atom. The van der Waals surface area contributed by atoms with Crippen molar-refractivity contribution in [1.29, 1.82) is 0 Å². The van der Waals surface area contributed by atoms with Crippen molar-refractivity contribution in [3.63, 3.8) is 0 Å². The Balaban J connectivity index is 1.60. The second-order valence-corrected chi connectivity index (χ2v) is 6.78. The highest BCUT2D eigenvalue weighted by Crippen LogP contribution is 2.19. The van der Waals surface area contributed by atoms with E-state index >= 15 is 0 Å². The van der Waals surface area contributed by atoms with Gasteiger partial charge in [0, 0.05) is 50.3 Å². The first kappa shape index (κ1) is 17.4. The number of nitrogens with zero attached hydrogens (tertiary/aromatic N) is 1. The molecule has 1 fully saturated rings. The summed E-state index contributed by atoms with van der Waals surface area (Å²) < 4.78 is 0. The van der Waals surface area contributed by atoms with Crippen LogP contribution in [0.25, 0.3) is 0 Å². The minimum atomic E-state index is 0.329. The number of hydrogen-bond acceptors (Lipinski definition) is 3. The molecule has 1 heterocycles. The van der Waals surface area contributed by atoms with Gasteiger partial charge in [-0.1, -0.05) is 54.1 Å². The topological polar surface area (TPSA) is 27.3 Å². The van der Waals surface area contributed by atoms with Crippen LogP contribution in [-0.2, 0) is 6.42 Å². The summed E-state index contributed by atoms with van der Waals surface area (Å²) in [6, 6.07) is 19.2. The lowest BCUT2D eigenvalue weighted by atomic mass is 9.99. The summed E-state index contributed by atoms with van der Waals surface area (Å²) in [4.78, 5) is 2.52. The maximum Gasteiger partial charge on any atom is 0.0406 e. The van der Waals surface area contributed by atoms with Crippen LogP contribution < -0.4 is 10.6 Å². The van der Waals surface area contributed by atoms with Crippen molar-refractivity contribution in [3.05, 3.63) is 70.7 Å². The third kappa shape index (κ3) is 5.32. The quantitative estimate of drug-likeness (QED) is 0.809. The monoisotopic (exact) mass is 343 g/mol. The number of rotatable bonds is 7. The molecule has 2 aromatic carbocycles. The van der Waals surface area contributed by atoms with E-state index in [-0.39, 0.29) is 0 Å². The molecule has 1 saturated heterocycles. The van der Waals surface area contributed by atoms with Crippen LogP contribution in [0.5, 0.6) is 0 Å². The lowest BCUT2D eigenvalue weighted by Gasteiger charge is -2.28. The van der Waals surface area contributed by atoms with E-state index in [1.54, 1.807) is 0 Å². The Morgan fingerprint density at radius 1 is 1.00 bits per heavy atom. The molecule has 1 atom stereocenters. The maximum atomic E-state index is 6.01. The second kappa shape index (κ2) is 9.19. The molecule has 1 aliphatic heterocycles. The minimum Gasteiger partial charge on any atom is -0.314 e. The molecular weight excluding hydrogens is 318 g/mol. The summed E-state index contributed by atoms with van der Waals surface area (Å²) in [7, 11) is 0. The number of piperazine rings is 1. The summed E-state index contributed by atoms with van der Waals surface area (Å²) in [5.74, 6) is 0. The van der Waals surface area contributed by atoms with E-state index in [1.807, 2.05) is 12.1 Å². The predicted molar refractivity (Wildman–Crippen MR) is 102 cm³/mol. The number of benzene rings is 2. The molecule has 1 unspecified atom stereocenters. The van der Waals surface area contributed by atoms with Gasteiger partial charge in [-0.15, -0.1) is 0 Å². The molecule has 0 bridgehead atoms. The molecule has 0 aliphatic carbocycles. The van der Waals surface area contributed by atoms with Crippen LogP contribution in [0.2, 0.25) is 5.02 Å². The number of halogens is 1. The maximum absolute atomic E-state index is 6.01.